The molecule has 1 aromatic carbocycles. The van der Waals surface area contributed by atoms with Gasteiger partial charge in [-0.05, 0) is 39.6 Å². The zero-order chi connectivity index (χ0) is 11.8. The van der Waals surface area contributed by atoms with Crippen LogP contribution >= 0.6 is 0 Å². The topological polar surface area (TPSA) is 18.5 Å². The van der Waals surface area contributed by atoms with Crippen molar-refractivity contribution in [2.24, 2.45) is 0 Å². The van der Waals surface area contributed by atoms with E-state index in [2.05, 4.69) is 52.0 Å². The first-order valence-corrected chi connectivity index (χ1v) is 5.86. The third-order valence-electron chi connectivity index (χ3n) is 2.91. The number of hydrogen-bond donors (Lipinski definition) is 0. The third-order valence-corrected chi connectivity index (χ3v) is 2.91. The van der Waals surface area contributed by atoms with Gasteiger partial charge in [0.2, 0.25) is 0 Å². The van der Waals surface area contributed by atoms with Gasteiger partial charge in [-0.1, -0.05) is 29.8 Å². The van der Waals surface area contributed by atoms with Gasteiger partial charge in [0.25, 0.3) is 0 Å². The van der Waals surface area contributed by atoms with E-state index < -0.39 is 0 Å². The molecule has 1 unspecified atom stereocenters. The number of benzene rings is 1. The van der Waals surface area contributed by atoms with Crippen molar-refractivity contribution < 1.29 is 9.31 Å². The van der Waals surface area contributed by atoms with Crippen LogP contribution in [0.2, 0.25) is 0 Å². The maximum atomic E-state index is 5.95. The van der Waals surface area contributed by atoms with Gasteiger partial charge in [0, 0.05) is 6.10 Å². The summed E-state index contributed by atoms with van der Waals surface area (Å²) < 4.78 is 11.8. The lowest BCUT2D eigenvalue weighted by molar-refractivity contribution is -0.0229. The Kier molecular flexibility index (Phi) is 3.09. The predicted molar refractivity (Wildman–Crippen MR) is 66.9 cm³/mol. The van der Waals surface area contributed by atoms with Crippen molar-refractivity contribution in [1.29, 1.82) is 0 Å². The molecule has 0 radical (unpaired) electrons. The summed E-state index contributed by atoms with van der Waals surface area (Å²) in [6.07, 6.45) is 1.19. The molecule has 0 bridgehead atoms. The van der Waals surface area contributed by atoms with Crippen molar-refractivity contribution in [2.45, 2.75) is 45.8 Å². The van der Waals surface area contributed by atoms with E-state index in [1.165, 1.54) is 5.56 Å². The molecular formula is C13H19BO2. The van der Waals surface area contributed by atoms with Crippen LogP contribution in [0.3, 0.4) is 0 Å². The molecule has 1 heterocycles. The quantitative estimate of drug-likeness (QED) is 0.673. The van der Waals surface area contributed by atoms with E-state index in [0.29, 0.717) is 0 Å². The summed E-state index contributed by atoms with van der Waals surface area (Å²) in [4.78, 5) is 0. The molecule has 1 saturated heterocycles. The van der Waals surface area contributed by atoms with Crippen LogP contribution in [-0.4, -0.2) is 18.8 Å². The molecule has 16 heavy (non-hydrogen) atoms. The molecule has 2 rings (SSSR count). The molecule has 86 valence electrons. The van der Waals surface area contributed by atoms with Gasteiger partial charge in [-0.25, -0.2) is 0 Å². The maximum absolute atomic E-state index is 5.95. The average molecular weight is 218 g/mol. The van der Waals surface area contributed by atoms with E-state index in [9.17, 15) is 0 Å². The van der Waals surface area contributed by atoms with Crippen LogP contribution < -0.4 is 5.46 Å². The fraction of sp³-hybridized carbons (Fsp3) is 0.538. The molecule has 1 fully saturated rings. The molecule has 2 nitrogen and oxygen atoms in total. The van der Waals surface area contributed by atoms with Gasteiger partial charge in [0.05, 0.1) is 5.60 Å². The second kappa shape index (κ2) is 4.23. The Bertz CT molecular complexity index is 359. The van der Waals surface area contributed by atoms with Crippen LogP contribution in [-0.2, 0) is 9.31 Å². The van der Waals surface area contributed by atoms with Crippen molar-refractivity contribution in [1.82, 2.24) is 0 Å². The normalized spacial score (nSPS) is 24.5. The number of aryl methyl sites for hydroxylation is 1. The van der Waals surface area contributed by atoms with E-state index in [1.807, 2.05) is 0 Å². The van der Waals surface area contributed by atoms with Crippen molar-refractivity contribution >= 4 is 12.6 Å². The molecule has 0 N–H and O–H groups in total. The standard InChI is InChI=1S/C13H19BO2/c1-10-5-7-12(8-6-10)14-15-11(2)9-13(3,4)16-14/h5-8,11H,9H2,1-4H3. The van der Waals surface area contributed by atoms with Gasteiger partial charge in [0.1, 0.15) is 0 Å². The summed E-state index contributed by atoms with van der Waals surface area (Å²) >= 11 is 0. The maximum Gasteiger partial charge on any atom is 0.494 e. The Balaban J connectivity index is 2.17. The van der Waals surface area contributed by atoms with Crippen LogP contribution in [0.15, 0.2) is 24.3 Å². The van der Waals surface area contributed by atoms with Gasteiger partial charge < -0.3 is 9.31 Å². The summed E-state index contributed by atoms with van der Waals surface area (Å²) in [5.41, 5.74) is 2.25. The first kappa shape index (κ1) is 11.7. The number of rotatable bonds is 1. The second-order valence-corrected chi connectivity index (χ2v) is 5.27. The summed E-state index contributed by atoms with van der Waals surface area (Å²) in [6.45, 7) is 8.42. The Morgan fingerprint density at radius 1 is 1.25 bits per heavy atom. The summed E-state index contributed by atoms with van der Waals surface area (Å²) in [7, 11) is -0.223. The molecule has 1 aliphatic heterocycles. The molecule has 0 aliphatic carbocycles. The fourth-order valence-corrected chi connectivity index (χ4v) is 2.19. The van der Waals surface area contributed by atoms with E-state index >= 15 is 0 Å². The summed E-state index contributed by atoms with van der Waals surface area (Å²) in [5.74, 6) is 0. The monoisotopic (exact) mass is 218 g/mol. The molecular weight excluding hydrogens is 199 g/mol. The molecule has 3 heteroatoms. The van der Waals surface area contributed by atoms with E-state index in [-0.39, 0.29) is 18.8 Å². The summed E-state index contributed by atoms with van der Waals surface area (Å²) in [6, 6.07) is 8.34. The lowest BCUT2D eigenvalue weighted by atomic mass is 9.75. The minimum absolute atomic E-state index is 0.104. The van der Waals surface area contributed by atoms with Gasteiger partial charge in [-0.2, -0.15) is 0 Å². The Labute approximate surface area is 98.1 Å². The van der Waals surface area contributed by atoms with Gasteiger partial charge >= 0.3 is 7.12 Å². The van der Waals surface area contributed by atoms with Crippen molar-refractivity contribution in [2.75, 3.05) is 0 Å². The van der Waals surface area contributed by atoms with Crippen LogP contribution in [0.5, 0.6) is 0 Å². The molecule has 0 saturated carbocycles. The zero-order valence-electron chi connectivity index (χ0n) is 10.5. The second-order valence-electron chi connectivity index (χ2n) is 5.27. The first-order chi connectivity index (χ1) is 7.46. The molecule has 0 amide bonds. The van der Waals surface area contributed by atoms with Gasteiger partial charge in [-0.3, -0.25) is 0 Å². The van der Waals surface area contributed by atoms with Crippen LogP contribution in [0.1, 0.15) is 32.8 Å². The van der Waals surface area contributed by atoms with Gasteiger partial charge in [-0.15, -0.1) is 0 Å². The average Bonchev–Trinajstić information content (AvgIpc) is 2.15. The Hall–Kier alpha value is -0.795. The minimum atomic E-state index is -0.223. The van der Waals surface area contributed by atoms with Crippen LogP contribution in [0, 0.1) is 6.92 Å². The minimum Gasteiger partial charge on any atom is -0.405 e. The van der Waals surface area contributed by atoms with Crippen molar-refractivity contribution in [3.05, 3.63) is 29.8 Å². The molecule has 1 aromatic rings. The Morgan fingerprint density at radius 3 is 2.44 bits per heavy atom. The highest BCUT2D eigenvalue weighted by Gasteiger charge is 2.37. The van der Waals surface area contributed by atoms with Crippen LogP contribution in [0.25, 0.3) is 0 Å². The van der Waals surface area contributed by atoms with Crippen LogP contribution in [0.4, 0.5) is 0 Å². The van der Waals surface area contributed by atoms with E-state index in [4.69, 9.17) is 9.31 Å². The SMILES string of the molecule is Cc1ccc(B2OC(C)CC(C)(C)O2)cc1. The lowest BCUT2D eigenvalue weighted by Crippen LogP contribution is -2.51. The molecule has 1 aliphatic rings. The van der Waals surface area contributed by atoms with Gasteiger partial charge in [0.15, 0.2) is 0 Å². The third kappa shape index (κ3) is 2.66. The highest BCUT2D eigenvalue weighted by molar-refractivity contribution is 6.61. The first-order valence-electron chi connectivity index (χ1n) is 5.86. The number of hydrogen-bond acceptors (Lipinski definition) is 2. The largest absolute Gasteiger partial charge is 0.494 e. The zero-order valence-corrected chi connectivity index (χ0v) is 10.5. The lowest BCUT2D eigenvalue weighted by Gasteiger charge is -2.38. The fourth-order valence-electron chi connectivity index (χ4n) is 2.19. The highest BCUT2D eigenvalue weighted by atomic mass is 16.6. The molecule has 1 atom stereocenters. The van der Waals surface area contributed by atoms with E-state index in [1.54, 1.807) is 0 Å². The van der Waals surface area contributed by atoms with E-state index in [0.717, 1.165) is 11.9 Å². The molecule has 0 spiro atoms. The van der Waals surface area contributed by atoms with Crippen molar-refractivity contribution in [3.8, 4) is 0 Å². The summed E-state index contributed by atoms with van der Waals surface area (Å²) in [5, 5.41) is 0. The molecule has 0 aromatic heterocycles. The highest BCUT2D eigenvalue weighted by Crippen LogP contribution is 2.25. The smallest absolute Gasteiger partial charge is 0.405 e. The predicted octanol–water partition coefficient (Wildman–Crippen LogP) is 2.29. The Morgan fingerprint density at radius 2 is 1.88 bits per heavy atom. The van der Waals surface area contributed by atoms with Crippen molar-refractivity contribution in [3.63, 3.8) is 0 Å².